The summed E-state index contributed by atoms with van der Waals surface area (Å²) < 4.78 is 20.7. The number of carbonyl (C=O) groups excluding carboxylic acids is 1. The average molecular weight is 450 g/mol. The first-order chi connectivity index (χ1) is 14.0. The van der Waals surface area contributed by atoms with Gasteiger partial charge in [-0.05, 0) is 41.0 Å². The molecule has 0 bridgehead atoms. The van der Waals surface area contributed by atoms with Gasteiger partial charge in [0.2, 0.25) is 0 Å². The number of benzene rings is 2. The maximum atomic E-state index is 15.3. The Labute approximate surface area is 185 Å². The van der Waals surface area contributed by atoms with Gasteiger partial charge in [0, 0.05) is 36.3 Å². The number of pyridine rings is 1. The van der Waals surface area contributed by atoms with E-state index in [9.17, 15) is 4.79 Å². The Morgan fingerprint density at radius 2 is 2.03 bits per heavy atom. The third-order valence-corrected chi connectivity index (χ3v) is 4.71. The van der Waals surface area contributed by atoms with Crippen LogP contribution in [-0.4, -0.2) is 24.7 Å². The molecule has 3 aromatic rings. The molecule has 30 heavy (non-hydrogen) atoms. The minimum atomic E-state index is -0.563. The highest BCUT2D eigenvalue weighted by Crippen LogP contribution is 2.36. The van der Waals surface area contributed by atoms with E-state index in [0.29, 0.717) is 46.8 Å². The summed E-state index contributed by atoms with van der Waals surface area (Å²) in [6, 6.07) is 13.7. The molecule has 0 aliphatic carbocycles. The van der Waals surface area contributed by atoms with Gasteiger partial charge < -0.3 is 15.8 Å². The Bertz CT molecular complexity index is 1010. The molecule has 2 amide bonds. The van der Waals surface area contributed by atoms with Crippen molar-refractivity contribution in [2.75, 3.05) is 13.7 Å². The predicted molar refractivity (Wildman–Crippen MR) is 119 cm³/mol. The number of primary amides is 1. The SMILES string of the molecule is COc1ccc(Cc2ccc(CCNC(N)=O)nc2)c(F)c1-c1cccc(Cl)c1.Cl. The van der Waals surface area contributed by atoms with Crippen LogP contribution in [0.2, 0.25) is 5.02 Å². The zero-order chi connectivity index (χ0) is 20.8. The minimum Gasteiger partial charge on any atom is -0.496 e. The average Bonchev–Trinajstić information content (AvgIpc) is 2.70. The van der Waals surface area contributed by atoms with E-state index in [1.165, 1.54) is 7.11 Å². The first kappa shape index (κ1) is 23.4. The van der Waals surface area contributed by atoms with E-state index in [2.05, 4.69) is 10.3 Å². The molecule has 1 aromatic heterocycles. The lowest BCUT2D eigenvalue weighted by molar-refractivity contribution is 0.249. The zero-order valence-electron chi connectivity index (χ0n) is 16.3. The standard InChI is InChI=1S/C22H21ClFN3O2.ClH/c1-29-19-8-6-16(21(24)20(19)15-3-2-4-17(23)12-15)11-14-5-7-18(27-13-14)9-10-26-22(25)28;/h2-8,12-13H,9-11H2,1H3,(H3,25,26,28);1H. The maximum Gasteiger partial charge on any atom is 0.312 e. The summed E-state index contributed by atoms with van der Waals surface area (Å²) in [5.74, 6) is 0.102. The van der Waals surface area contributed by atoms with Crippen LogP contribution in [0.4, 0.5) is 9.18 Å². The molecule has 8 heteroatoms. The molecule has 3 N–H and O–H groups in total. The first-order valence-electron chi connectivity index (χ1n) is 9.06. The van der Waals surface area contributed by atoms with Gasteiger partial charge in [-0.3, -0.25) is 4.98 Å². The van der Waals surface area contributed by atoms with E-state index in [4.69, 9.17) is 22.1 Å². The number of carbonyl (C=O) groups is 1. The number of nitrogens with zero attached hydrogens (tertiary/aromatic N) is 1. The Balaban J connectivity index is 0.00000320. The fourth-order valence-corrected chi connectivity index (χ4v) is 3.25. The summed E-state index contributed by atoms with van der Waals surface area (Å²) in [5, 5.41) is 3.05. The van der Waals surface area contributed by atoms with Crippen molar-refractivity contribution in [3.8, 4) is 16.9 Å². The van der Waals surface area contributed by atoms with Gasteiger partial charge in [-0.1, -0.05) is 35.9 Å². The number of hydrogen-bond acceptors (Lipinski definition) is 3. The maximum absolute atomic E-state index is 15.3. The molecular formula is C22H22Cl2FN3O2. The van der Waals surface area contributed by atoms with Gasteiger partial charge in [-0.15, -0.1) is 12.4 Å². The van der Waals surface area contributed by atoms with Crippen LogP contribution in [-0.2, 0) is 12.8 Å². The number of hydrogen-bond donors (Lipinski definition) is 2. The van der Waals surface area contributed by atoms with Crippen LogP contribution in [0.15, 0.2) is 54.7 Å². The van der Waals surface area contributed by atoms with Crippen LogP contribution in [0.1, 0.15) is 16.8 Å². The second kappa shape index (κ2) is 10.8. The number of aromatic nitrogens is 1. The molecule has 0 saturated heterocycles. The van der Waals surface area contributed by atoms with Crippen molar-refractivity contribution in [3.63, 3.8) is 0 Å². The Kier molecular flexibility index (Phi) is 8.45. The number of ether oxygens (including phenoxy) is 1. The summed E-state index contributed by atoms with van der Waals surface area (Å²) in [4.78, 5) is 15.1. The molecule has 0 fully saturated rings. The molecule has 0 spiro atoms. The van der Waals surface area contributed by atoms with Gasteiger partial charge in [0.15, 0.2) is 0 Å². The normalized spacial score (nSPS) is 10.2. The predicted octanol–water partition coefficient (Wildman–Crippen LogP) is 4.77. The molecule has 0 aliphatic rings. The molecule has 5 nitrogen and oxygen atoms in total. The topological polar surface area (TPSA) is 77.2 Å². The highest BCUT2D eigenvalue weighted by atomic mass is 35.5. The molecule has 0 unspecified atom stereocenters. The fourth-order valence-electron chi connectivity index (χ4n) is 3.06. The number of rotatable bonds is 7. The number of amides is 2. The van der Waals surface area contributed by atoms with Crippen molar-refractivity contribution < 1.29 is 13.9 Å². The van der Waals surface area contributed by atoms with E-state index < -0.39 is 6.03 Å². The van der Waals surface area contributed by atoms with E-state index in [0.717, 1.165) is 11.3 Å². The third kappa shape index (κ3) is 5.84. The van der Waals surface area contributed by atoms with Crippen molar-refractivity contribution in [3.05, 3.63) is 82.4 Å². The third-order valence-electron chi connectivity index (χ3n) is 4.48. The molecule has 0 atom stereocenters. The Morgan fingerprint density at radius 1 is 1.23 bits per heavy atom. The quantitative estimate of drug-likeness (QED) is 0.544. The lowest BCUT2D eigenvalue weighted by Gasteiger charge is -2.14. The highest BCUT2D eigenvalue weighted by molar-refractivity contribution is 6.30. The zero-order valence-corrected chi connectivity index (χ0v) is 17.9. The van der Waals surface area contributed by atoms with E-state index in [1.54, 1.807) is 42.6 Å². The van der Waals surface area contributed by atoms with Crippen molar-refractivity contribution in [2.45, 2.75) is 12.8 Å². The monoisotopic (exact) mass is 449 g/mol. The minimum absolute atomic E-state index is 0. The van der Waals surface area contributed by atoms with Gasteiger partial charge >= 0.3 is 6.03 Å². The molecule has 158 valence electrons. The molecule has 2 aromatic carbocycles. The largest absolute Gasteiger partial charge is 0.496 e. The van der Waals surface area contributed by atoms with Crippen LogP contribution in [0.3, 0.4) is 0 Å². The van der Waals surface area contributed by atoms with Crippen molar-refractivity contribution >= 4 is 30.0 Å². The highest BCUT2D eigenvalue weighted by Gasteiger charge is 2.17. The second-order valence-corrected chi connectivity index (χ2v) is 6.94. The van der Waals surface area contributed by atoms with Gasteiger partial charge in [0.1, 0.15) is 11.6 Å². The first-order valence-corrected chi connectivity index (χ1v) is 9.44. The van der Waals surface area contributed by atoms with Crippen LogP contribution >= 0.6 is 24.0 Å². The lowest BCUT2D eigenvalue weighted by atomic mass is 9.97. The molecule has 0 aliphatic heterocycles. The summed E-state index contributed by atoms with van der Waals surface area (Å²) >= 11 is 6.08. The summed E-state index contributed by atoms with van der Waals surface area (Å²) in [5.41, 5.74) is 8.31. The van der Waals surface area contributed by atoms with Crippen molar-refractivity contribution in [1.29, 1.82) is 0 Å². The number of nitrogens with two attached hydrogens (primary N) is 1. The number of nitrogens with one attached hydrogen (secondary N) is 1. The van der Waals surface area contributed by atoms with Gasteiger partial charge in [0.05, 0.1) is 12.7 Å². The second-order valence-electron chi connectivity index (χ2n) is 6.50. The fraction of sp³-hybridized carbons (Fsp3) is 0.182. The Morgan fingerprint density at radius 3 is 2.67 bits per heavy atom. The summed E-state index contributed by atoms with van der Waals surface area (Å²) in [6.07, 6.45) is 2.66. The van der Waals surface area contributed by atoms with Crippen LogP contribution in [0.25, 0.3) is 11.1 Å². The van der Waals surface area contributed by atoms with Gasteiger partial charge in [-0.2, -0.15) is 0 Å². The van der Waals surface area contributed by atoms with Gasteiger partial charge in [-0.25, -0.2) is 9.18 Å². The number of halogens is 3. The molecule has 3 rings (SSSR count). The van der Waals surface area contributed by atoms with E-state index in [1.807, 2.05) is 12.1 Å². The van der Waals surface area contributed by atoms with Crippen LogP contribution in [0.5, 0.6) is 5.75 Å². The number of urea groups is 1. The molecular weight excluding hydrogens is 428 g/mol. The smallest absolute Gasteiger partial charge is 0.312 e. The summed E-state index contributed by atoms with van der Waals surface area (Å²) in [7, 11) is 1.51. The van der Waals surface area contributed by atoms with Crippen LogP contribution in [0, 0.1) is 5.82 Å². The van der Waals surface area contributed by atoms with Gasteiger partial charge in [0.25, 0.3) is 0 Å². The Hall–Kier alpha value is -2.83. The summed E-state index contributed by atoms with van der Waals surface area (Å²) in [6.45, 7) is 0.414. The lowest BCUT2D eigenvalue weighted by Crippen LogP contribution is -2.31. The van der Waals surface area contributed by atoms with Crippen molar-refractivity contribution in [2.24, 2.45) is 5.73 Å². The van der Waals surface area contributed by atoms with E-state index >= 15 is 4.39 Å². The van der Waals surface area contributed by atoms with Crippen molar-refractivity contribution in [1.82, 2.24) is 10.3 Å². The molecule has 0 saturated carbocycles. The molecule has 1 heterocycles. The van der Waals surface area contributed by atoms with Crippen LogP contribution < -0.4 is 15.8 Å². The molecule has 0 radical (unpaired) electrons. The number of methoxy groups -OCH3 is 1. The van der Waals surface area contributed by atoms with E-state index in [-0.39, 0.29) is 18.2 Å².